The van der Waals surface area contributed by atoms with Gasteiger partial charge in [0.05, 0.1) is 17.8 Å². The first kappa shape index (κ1) is 31.9. The van der Waals surface area contributed by atoms with Gasteiger partial charge in [-0.25, -0.2) is 4.79 Å². The van der Waals surface area contributed by atoms with E-state index in [0.29, 0.717) is 50.5 Å². The zero-order valence-corrected chi connectivity index (χ0v) is 25.7. The van der Waals surface area contributed by atoms with Crippen LogP contribution >= 0.6 is 0 Å². The minimum Gasteiger partial charge on any atom is -0.478 e. The molecule has 2 aromatic rings. The van der Waals surface area contributed by atoms with Crippen molar-refractivity contribution in [2.75, 3.05) is 26.7 Å². The average molecular weight is 608 g/mol. The van der Waals surface area contributed by atoms with Crippen molar-refractivity contribution in [1.82, 2.24) is 15.1 Å². The number of piperidine rings is 1. The second kappa shape index (κ2) is 14.1. The molecular formula is C34H45N3O7. The fourth-order valence-corrected chi connectivity index (χ4v) is 6.95. The Morgan fingerprint density at radius 3 is 2.18 bits per heavy atom. The molecule has 2 aliphatic heterocycles. The van der Waals surface area contributed by atoms with Crippen LogP contribution in [0.4, 0.5) is 0 Å². The van der Waals surface area contributed by atoms with Crippen LogP contribution in [0.5, 0.6) is 11.5 Å². The number of nitrogens with one attached hydrogen (secondary N) is 1. The number of benzene rings is 2. The molecule has 44 heavy (non-hydrogen) atoms. The predicted octanol–water partition coefficient (Wildman–Crippen LogP) is 4.20. The number of amides is 2. The zero-order valence-electron chi connectivity index (χ0n) is 25.7. The van der Waals surface area contributed by atoms with Gasteiger partial charge in [0.25, 0.3) is 0 Å². The van der Waals surface area contributed by atoms with Crippen LogP contribution < -0.4 is 10.1 Å². The number of unbranched alkanes of at least 4 members (excludes halogenated alkanes) is 1. The number of aromatic carboxylic acids is 1. The van der Waals surface area contributed by atoms with Crippen LogP contribution in [0.1, 0.15) is 74.2 Å². The van der Waals surface area contributed by atoms with Gasteiger partial charge >= 0.3 is 5.97 Å². The Balaban J connectivity index is 1.19. The highest BCUT2D eigenvalue weighted by molar-refractivity contribution is 6.00. The minimum absolute atomic E-state index is 0.0335. The van der Waals surface area contributed by atoms with Crippen LogP contribution in [0.3, 0.4) is 0 Å². The van der Waals surface area contributed by atoms with Crippen LogP contribution in [0.2, 0.25) is 0 Å². The first-order chi connectivity index (χ1) is 21.2. The number of carboxylic acids is 1. The maximum Gasteiger partial charge on any atom is 0.335 e. The van der Waals surface area contributed by atoms with Gasteiger partial charge in [-0.15, -0.1) is 0 Å². The lowest BCUT2D eigenvalue weighted by Gasteiger charge is -2.52. The van der Waals surface area contributed by atoms with Gasteiger partial charge in [0.15, 0.2) is 0 Å². The van der Waals surface area contributed by atoms with E-state index in [1.807, 2.05) is 24.3 Å². The number of methoxy groups -OCH3 is 1. The van der Waals surface area contributed by atoms with E-state index < -0.39 is 23.7 Å². The third kappa shape index (κ3) is 6.92. The number of nitrogens with zero attached hydrogens (tertiary/aromatic N) is 2. The van der Waals surface area contributed by atoms with E-state index in [1.165, 1.54) is 12.1 Å². The highest BCUT2D eigenvalue weighted by Crippen LogP contribution is 2.37. The summed E-state index contributed by atoms with van der Waals surface area (Å²) in [6.07, 6.45) is 5.37. The van der Waals surface area contributed by atoms with Gasteiger partial charge in [-0.3, -0.25) is 14.5 Å². The average Bonchev–Trinajstić information content (AvgIpc) is 3.04. The van der Waals surface area contributed by atoms with Crippen molar-refractivity contribution in [3.05, 3.63) is 59.7 Å². The molecule has 2 atom stereocenters. The van der Waals surface area contributed by atoms with Gasteiger partial charge in [0, 0.05) is 33.3 Å². The second-order valence-corrected chi connectivity index (χ2v) is 12.4. The van der Waals surface area contributed by atoms with Crippen LogP contribution in [-0.2, 0) is 20.9 Å². The summed E-state index contributed by atoms with van der Waals surface area (Å²) >= 11 is 0. The molecule has 5 rings (SSSR count). The molecule has 10 heteroatoms. The molecule has 1 spiro atoms. The number of rotatable bonds is 11. The van der Waals surface area contributed by atoms with Crippen molar-refractivity contribution in [3.63, 3.8) is 0 Å². The molecule has 2 amide bonds. The molecule has 0 aromatic heterocycles. The normalized spacial score (nSPS) is 24.6. The fraction of sp³-hybridized carbons (Fsp3) is 0.559. The molecule has 0 unspecified atom stereocenters. The lowest BCUT2D eigenvalue weighted by atomic mass is 9.77. The van der Waals surface area contributed by atoms with Gasteiger partial charge < -0.3 is 29.9 Å². The summed E-state index contributed by atoms with van der Waals surface area (Å²) in [6.45, 7) is 4.65. The fourth-order valence-electron chi connectivity index (χ4n) is 6.95. The standard InChI is InChI=1S/C34H45N3O7/c1-3-4-19-37-31(39)29(30(38)24-7-13-26(43-2)14-8-24)35-33(42)34(37)17-20-36(21-18-34)22-23-5-11-27(12-6-23)44-28-15-9-25(10-16-28)32(40)41/h5-6,9-12,15-16,24,26,29-30,38H,3-4,7-8,13-14,17-22H2,1-2H3,(H,35,42)(H,40,41)/t24?,26?,29-,30-/m1/s1. The van der Waals surface area contributed by atoms with Crippen LogP contribution in [-0.4, -0.2) is 88.3 Å². The van der Waals surface area contributed by atoms with Crippen molar-refractivity contribution in [2.45, 2.75) is 88.6 Å². The van der Waals surface area contributed by atoms with E-state index in [2.05, 4.69) is 17.1 Å². The molecule has 0 radical (unpaired) electrons. The summed E-state index contributed by atoms with van der Waals surface area (Å²) in [5.41, 5.74) is 0.422. The molecule has 2 aromatic carbocycles. The Morgan fingerprint density at radius 2 is 1.61 bits per heavy atom. The van der Waals surface area contributed by atoms with E-state index in [1.54, 1.807) is 24.1 Å². The van der Waals surface area contributed by atoms with Crippen molar-refractivity contribution in [3.8, 4) is 11.5 Å². The highest BCUT2D eigenvalue weighted by atomic mass is 16.5. The molecule has 3 fully saturated rings. The smallest absolute Gasteiger partial charge is 0.335 e. The summed E-state index contributed by atoms with van der Waals surface area (Å²) in [5.74, 6) is -0.0877. The molecule has 1 aliphatic carbocycles. The third-order valence-corrected chi connectivity index (χ3v) is 9.72. The third-order valence-electron chi connectivity index (χ3n) is 9.72. The molecule has 2 saturated heterocycles. The number of hydrogen-bond donors (Lipinski definition) is 3. The topological polar surface area (TPSA) is 129 Å². The lowest BCUT2D eigenvalue weighted by molar-refractivity contribution is -0.166. The van der Waals surface area contributed by atoms with E-state index >= 15 is 0 Å². The van der Waals surface area contributed by atoms with E-state index in [-0.39, 0.29) is 29.4 Å². The number of piperazine rings is 1. The van der Waals surface area contributed by atoms with Gasteiger partial charge in [-0.2, -0.15) is 0 Å². The molecule has 3 aliphatic rings. The number of carbonyl (C=O) groups is 3. The van der Waals surface area contributed by atoms with Crippen molar-refractivity contribution < 1.29 is 34.1 Å². The first-order valence-corrected chi connectivity index (χ1v) is 15.9. The highest BCUT2D eigenvalue weighted by Gasteiger charge is 2.55. The molecule has 10 nitrogen and oxygen atoms in total. The molecule has 3 N–H and O–H groups in total. The number of aliphatic hydroxyl groups is 1. The predicted molar refractivity (Wildman–Crippen MR) is 164 cm³/mol. The summed E-state index contributed by atoms with van der Waals surface area (Å²) in [4.78, 5) is 42.9. The zero-order chi connectivity index (χ0) is 31.3. The first-order valence-electron chi connectivity index (χ1n) is 15.9. The molecule has 2 heterocycles. The summed E-state index contributed by atoms with van der Waals surface area (Å²) in [5, 5.41) is 23.3. The number of carbonyl (C=O) groups excluding carboxylic acids is 2. The van der Waals surface area contributed by atoms with Gasteiger partial charge in [-0.1, -0.05) is 25.5 Å². The summed E-state index contributed by atoms with van der Waals surface area (Å²) in [6, 6.07) is 13.2. The van der Waals surface area contributed by atoms with E-state index in [9.17, 15) is 19.5 Å². The van der Waals surface area contributed by atoms with Crippen molar-refractivity contribution >= 4 is 17.8 Å². The maximum absolute atomic E-state index is 13.9. The Labute approximate surface area is 259 Å². The van der Waals surface area contributed by atoms with Gasteiger partial charge in [-0.05, 0) is 92.8 Å². The van der Waals surface area contributed by atoms with Crippen molar-refractivity contribution in [1.29, 1.82) is 0 Å². The quantitative estimate of drug-likeness (QED) is 0.347. The van der Waals surface area contributed by atoms with Crippen LogP contribution in [0.15, 0.2) is 48.5 Å². The maximum atomic E-state index is 13.9. The summed E-state index contributed by atoms with van der Waals surface area (Å²) < 4.78 is 11.3. The lowest BCUT2D eigenvalue weighted by Crippen LogP contribution is -2.75. The Kier molecular flexibility index (Phi) is 10.2. The number of hydrogen-bond acceptors (Lipinski definition) is 7. The Morgan fingerprint density at radius 1 is 1.00 bits per heavy atom. The van der Waals surface area contributed by atoms with Gasteiger partial charge in [0.2, 0.25) is 11.8 Å². The van der Waals surface area contributed by atoms with Crippen molar-refractivity contribution in [2.24, 2.45) is 5.92 Å². The largest absolute Gasteiger partial charge is 0.478 e. The summed E-state index contributed by atoms with van der Waals surface area (Å²) in [7, 11) is 1.71. The monoisotopic (exact) mass is 607 g/mol. The van der Waals surface area contributed by atoms with E-state index in [0.717, 1.165) is 44.1 Å². The number of aliphatic hydroxyl groups excluding tert-OH is 1. The Bertz CT molecular complexity index is 1280. The number of likely N-dealkylation sites (tertiary alicyclic amines) is 1. The second-order valence-electron chi connectivity index (χ2n) is 12.4. The minimum atomic E-state index is -0.979. The molecule has 0 bridgehead atoms. The molecule has 1 saturated carbocycles. The van der Waals surface area contributed by atoms with Crippen LogP contribution in [0.25, 0.3) is 0 Å². The van der Waals surface area contributed by atoms with E-state index in [4.69, 9.17) is 14.6 Å². The van der Waals surface area contributed by atoms with Crippen LogP contribution in [0, 0.1) is 5.92 Å². The number of ether oxygens (including phenoxy) is 2. The van der Waals surface area contributed by atoms with Gasteiger partial charge in [0.1, 0.15) is 23.1 Å². The molecule has 238 valence electrons. The molecular weight excluding hydrogens is 562 g/mol. The number of carboxylic acid groups (broad SMARTS) is 1. The Hall–Kier alpha value is -3.47. The SMILES string of the molecule is CCCCN1C(=O)[C@@H]([C@H](O)C2CCC(OC)CC2)NC(=O)C12CCN(Cc1ccc(Oc3ccc(C(=O)O)cc3)cc1)CC2.